The molecule has 1 fully saturated rings. The Hall–Kier alpha value is -1.39. The van der Waals surface area contributed by atoms with E-state index >= 15 is 0 Å². The lowest BCUT2D eigenvalue weighted by molar-refractivity contribution is -0.121. The van der Waals surface area contributed by atoms with Crippen LogP contribution < -0.4 is 5.32 Å². The number of likely N-dealkylation sites (tertiary alicyclic amines) is 1. The molecule has 20 heavy (non-hydrogen) atoms. The van der Waals surface area contributed by atoms with Gasteiger partial charge in [0.15, 0.2) is 0 Å². The number of hydrogen-bond acceptors (Lipinski definition) is 3. The lowest BCUT2D eigenvalue weighted by atomic mass is 9.95. The van der Waals surface area contributed by atoms with E-state index in [1.54, 1.807) is 0 Å². The van der Waals surface area contributed by atoms with E-state index in [1.165, 1.54) is 0 Å². The number of nitrogens with one attached hydrogen (secondary N) is 1. The van der Waals surface area contributed by atoms with Gasteiger partial charge in [-0.2, -0.15) is 0 Å². The van der Waals surface area contributed by atoms with Gasteiger partial charge in [0.2, 0.25) is 5.91 Å². The third kappa shape index (κ3) is 4.62. The summed E-state index contributed by atoms with van der Waals surface area (Å²) in [6.45, 7) is 6.05. The number of hydrogen-bond donors (Lipinski definition) is 2. The first-order chi connectivity index (χ1) is 9.44. The van der Waals surface area contributed by atoms with E-state index < -0.39 is 5.60 Å². The van der Waals surface area contributed by atoms with E-state index in [9.17, 15) is 9.90 Å². The summed E-state index contributed by atoms with van der Waals surface area (Å²) in [4.78, 5) is 14.4. The van der Waals surface area contributed by atoms with Crippen LogP contribution >= 0.6 is 0 Å². The van der Waals surface area contributed by atoms with E-state index in [0.717, 1.165) is 31.6 Å². The maximum absolute atomic E-state index is 12.2. The second kappa shape index (κ2) is 6.37. The van der Waals surface area contributed by atoms with Gasteiger partial charge in [0.25, 0.3) is 0 Å². The predicted molar refractivity (Wildman–Crippen MR) is 80.5 cm³/mol. The first kappa shape index (κ1) is 15.0. The van der Waals surface area contributed by atoms with Crippen LogP contribution in [0.5, 0.6) is 0 Å². The van der Waals surface area contributed by atoms with Crippen LogP contribution in [0.1, 0.15) is 26.7 Å². The highest BCUT2D eigenvalue weighted by Crippen LogP contribution is 2.20. The van der Waals surface area contributed by atoms with Gasteiger partial charge in [0.05, 0.1) is 5.60 Å². The molecule has 0 aromatic heterocycles. The van der Waals surface area contributed by atoms with Crippen molar-refractivity contribution in [1.82, 2.24) is 4.90 Å². The molecule has 0 saturated carbocycles. The zero-order chi connectivity index (χ0) is 14.6. The van der Waals surface area contributed by atoms with Gasteiger partial charge in [-0.3, -0.25) is 4.79 Å². The number of carbonyl (C=O) groups excluding carboxylic acids is 1. The molecule has 110 valence electrons. The van der Waals surface area contributed by atoms with Crippen LogP contribution in [0, 0.1) is 5.92 Å². The van der Waals surface area contributed by atoms with Crippen molar-refractivity contribution >= 4 is 11.6 Å². The predicted octanol–water partition coefficient (Wildman–Crippen LogP) is 2.11. The Morgan fingerprint density at radius 2 is 1.90 bits per heavy atom. The SMILES string of the molecule is CC(C)(O)CN1CCC(C(=O)Nc2ccccc2)CC1. The number of anilines is 1. The first-order valence-corrected chi connectivity index (χ1v) is 7.25. The molecule has 1 aromatic carbocycles. The Labute approximate surface area is 120 Å². The Bertz CT molecular complexity index is 432. The van der Waals surface area contributed by atoms with Gasteiger partial charge in [-0.05, 0) is 51.9 Å². The Kier molecular flexibility index (Phi) is 4.78. The van der Waals surface area contributed by atoms with Gasteiger partial charge in [-0.25, -0.2) is 0 Å². The van der Waals surface area contributed by atoms with Crippen LogP contribution in [0.2, 0.25) is 0 Å². The van der Waals surface area contributed by atoms with Crippen LogP contribution in [0.15, 0.2) is 30.3 Å². The fourth-order valence-electron chi connectivity index (χ4n) is 2.67. The third-order valence-corrected chi connectivity index (χ3v) is 3.61. The number of aliphatic hydroxyl groups is 1. The molecule has 1 heterocycles. The summed E-state index contributed by atoms with van der Waals surface area (Å²) in [5.41, 5.74) is 0.190. The molecule has 0 radical (unpaired) electrons. The minimum absolute atomic E-state index is 0.0771. The second-order valence-electron chi connectivity index (χ2n) is 6.22. The number of carbonyl (C=O) groups is 1. The number of amides is 1. The van der Waals surface area contributed by atoms with Crippen molar-refractivity contribution in [3.05, 3.63) is 30.3 Å². The molecule has 2 N–H and O–H groups in total. The summed E-state index contributed by atoms with van der Waals surface area (Å²) in [6, 6.07) is 9.58. The van der Waals surface area contributed by atoms with Crippen LogP contribution in [-0.2, 0) is 4.79 Å². The zero-order valence-corrected chi connectivity index (χ0v) is 12.3. The van der Waals surface area contributed by atoms with Gasteiger partial charge in [0.1, 0.15) is 0 Å². The molecule has 0 unspecified atom stereocenters. The molecule has 4 heteroatoms. The molecule has 4 nitrogen and oxygen atoms in total. The fraction of sp³-hybridized carbons (Fsp3) is 0.562. The maximum Gasteiger partial charge on any atom is 0.227 e. The number of nitrogens with zero attached hydrogens (tertiary/aromatic N) is 1. The number of rotatable bonds is 4. The number of β-amino-alcohol motifs (C(OH)–C–C–N with tert-alkyl or cyclic N) is 1. The molecule has 0 aliphatic carbocycles. The van der Waals surface area contributed by atoms with Crippen molar-refractivity contribution in [2.75, 3.05) is 25.0 Å². The molecule has 0 spiro atoms. The van der Waals surface area contributed by atoms with Crippen LogP contribution in [-0.4, -0.2) is 41.1 Å². The normalized spacial score (nSPS) is 17.9. The van der Waals surface area contributed by atoms with Crippen molar-refractivity contribution < 1.29 is 9.90 Å². The van der Waals surface area contributed by atoms with Crippen LogP contribution in [0.25, 0.3) is 0 Å². The van der Waals surface area contributed by atoms with Gasteiger partial charge in [-0.15, -0.1) is 0 Å². The van der Waals surface area contributed by atoms with Crippen molar-refractivity contribution in [3.8, 4) is 0 Å². The molecule has 2 rings (SSSR count). The fourth-order valence-corrected chi connectivity index (χ4v) is 2.67. The molecule has 1 aliphatic rings. The lowest BCUT2D eigenvalue weighted by Crippen LogP contribution is -2.44. The van der Waals surface area contributed by atoms with E-state index in [1.807, 2.05) is 44.2 Å². The average molecular weight is 276 g/mol. The van der Waals surface area contributed by atoms with Crippen molar-refractivity contribution in [1.29, 1.82) is 0 Å². The summed E-state index contributed by atoms with van der Waals surface area (Å²) < 4.78 is 0. The summed E-state index contributed by atoms with van der Waals surface area (Å²) in [6.07, 6.45) is 1.71. The summed E-state index contributed by atoms with van der Waals surface area (Å²) in [5, 5.41) is 12.8. The molecular weight excluding hydrogens is 252 g/mol. The quantitative estimate of drug-likeness (QED) is 0.885. The molecule has 1 amide bonds. The van der Waals surface area contributed by atoms with Crippen LogP contribution in [0.3, 0.4) is 0 Å². The lowest BCUT2D eigenvalue weighted by Gasteiger charge is -2.34. The zero-order valence-electron chi connectivity index (χ0n) is 12.3. The topological polar surface area (TPSA) is 52.6 Å². The maximum atomic E-state index is 12.2. The minimum Gasteiger partial charge on any atom is -0.389 e. The first-order valence-electron chi connectivity index (χ1n) is 7.25. The van der Waals surface area contributed by atoms with E-state index in [4.69, 9.17) is 0 Å². The standard InChI is InChI=1S/C16H24N2O2/c1-16(2,20)12-18-10-8-13(9-11-18)15(19)17-14-6-4-3-5-7-14/h3-7,13,20H,8-12H2,1-2H3,(H,17,19). The van der Waals surface area contributed by atoms with E-state index in [2.05, 4.69) is 10.2 Å². The van der Waals surface area contributed by atoms with Gasteiger partial charge < -0.3 is 15.3 Å². The van der Waals surface area contributed by atoms with Crippen molar-refractivity contribution in [3.63, 3.8) is 0 Å². The van der Waals surface area contributed by atoms with Crippen molar-refractivity contribution in [2.45, 2.75) is 32.3 Å². The Morgan fingerprint density at radius 3 is 2.45 bits per heavy atom. The Balaban J connectivity index is 1.80. The summed E-state index contributed by atoms with van der Waals surface area (Å²) >= 11 is 0. The highest BCUT2D eigenvalue weighted by Gasteiger charge is 2.27. The number of para-hydroxylation sites is 1. The molecular formula is C16H24N2O2. The molecule has 1 aliphatic heterocycles. The molecule has 0 bridgehead atoms. The third-order valence-electron chi connectivity index (χ3n) is 3.61. The largest absolute Gasteiger partial charge is 0.389 e. The van der Waals surface area contributed by atoms with Crippen LogP contribution in [0.4, 0.5) is 5.69 Å². The summed E-state index contributed by atoms with van der Waals surface area (Å²) in [5.74, 6) is 0.187. The Morgan fingerprint density at radius 1 is 1.30 bits per heavy atom. The van der Waals surface area contributed by atoms with E-state index in [0.29, 0.717) is 6.54 Å². The van der Waals surface area contributed by atoms with Gasteiger partial charge in [-0.1, -0.05) is 18.2 Å². The van der Waals surface area contributed by atoms with Gasteiger partial charge >= 0.3 is 0 Å². The molecule has 0 atom stereocenters. The van der Waals surface area contributed by atoms with Gasteiger partial charge in [0, 0.05) is 18.2 Å². The average Bonchev–Trinajstić information content (AvgIpc) is 2.39. The monoisotopic (exact) mass is 276 g/mol. The minimum atomic E-state index is -0.668. The van der Waals surface area contributed by atoms with E-state index in [-0.39, 0.29) is 11.8 Å². The number of benzene rings is 1. The summed E-state index contributed by atoms with van der Waals surface area (Å²) in [7, 11) is 0. The smallest absolute Gasteiger partial charge is 0.227 e. The number of piperidine rings is 1. The highest BCUT2D eigenvalue weighted by molar-refractivity contribution is 5.92. The highest BCUT2D eigenvalue weighted by atomic mass is 16.3. The molecule has 1 aromatic rings. The second-order valence-corrected chi connectivity index (χ2v) is 6.22. The molecule has 1 saturated heterocycles. The van der Waals surface area contributed by atoms with Crippen molar-refractivity contribution in [2.24, 2.45) is 5.92 Å².